The van der Waals surface area contributed by atoms with E-state index in [1.807, 2.05) is 0 Å². The first-order valence-electron chi connectivity index (χ1n) is 6.03. The SMILES string of the molecule is CN(CC1CCNCC1)S(=O)(=O)CCS(C)(=O)=O. The fourth-order valence-corrected chi connectivity index (χ4v) is 4.76. The molecule has 1 aliphatic heterocycles. The first-order chi connectivity index (χ1) is 8.21. The van der Waals surface area contributed by atoms with Gasteiger partial charge < -0.3 is 5.32 Å². The Balaban J connectivity index is 2.50. The predicted octanol–water partition coefficient (Wildman–Crippen LogP) is -0.708. The highest BCUT2D eigenvalue weighted by Crippen LogP contribution is 2.14. The zero-order valence-corrected chi connectivity index (χ0v) is 12.6. The zero-order valence-electron chi connectivity index (χ0n) is 10.9. The third-order valence-electron chi connectivity index (χ3n) is 3.16. The smallest absolute Gasteiger partial charge is 0.214 e. The lowest BCUT2D eigenvalue weighted by atomic mass is 9.98. The highest BCUT2D eigenvalue weighted by molar-refractivity contribution is 7.93. The van der Waals surface area contributed by atoms with Crippen molar-refractivity contribution in [2.45, 2.75) is 12.8 Å². The molecule has 0 spiro atoms. The Labute approximate surface area is 110 Å². The Morgan fingerprint density at radius 1 is 1.11 bits per heavy atom. The van der Waals surface area contributed by atoms with Crippen LogP contribution in [0.1, 0.15) is 12.8 Å². The van der Waals surface area contributed by atoms with Crippen molar-refractivity contribution >= 4 is 19.9 Å². The van der Waals surface area contributed by atoms with Crippen LogP contribution < -0.4 is 5.32 Å². The van der Waals surface area contributed by atoms with Gasteiger partial charge in [-0.2, -0.15) is 0 Å². The van der Waals surface area contributed by atoms with Crippen LogP contribution in [0.2, 0.25) is 0 Å². The normalized spacial score (nSPS) is 19.3. The van der Waals surface area contributed by atoms with Crippen molar-refractivity contribution < 1.29 is 16.8 Å². The fraction of sp³-hybridized carbons (Fsp3) is 1.00. The lowest BCUT2D eigenvalue weighted by Gasteiger charge is -2.27. The van der Waals surface area contributed by atoms with E-state index >= 15 is 0 Å². The number of sulfonamides is 1. The van der Waals surface area contributed by atoms with Gasteiger partial charge in [0.1, 0.15) is 9.84 Å². The molecule has 6 nitrogen and oxygen atoms in total. The third-order valence-corrected chi connectivity index (χ3v) is 6.18. The summed E-state index contributed by atoms with van der Waals surface area (Å²) in [5.41, 5.74) is 0. The highest BCUT2D eigenvalue weighted by atomic mass is 32.2. The van der Waals surface area contributed by atoms with Crippen molar-refractivity contribution in [2.24, 2.45) is 5.92 Å². The van der Waals surface area contributed by atoms with Crippen molar-refractivity contribution in [3.05, 3.63) is 0 Å². The van der Waals surface area contributed by atoms with Gasteiger partial charge >= 0.3 is 0 Å². The molecule has 1 heterocycles. The molecule has 0 atom stereocenters. The van der Waals surface area contributed by atoms with E-state index < -0.39 is 19.9 Å². The van der Waals surface area contributed by atoms with Crippen LogP contribution in [-0.2, 0) is 19.9 Å². The van der Waals surface area contributed by atoms with Gasteiger partial charge in [-0.1, -0.05) is 0 Å². The molecule has 18 heavy (non-hydrogen) atoms. The zero-order chi connectivity index (χ0) is 13.8. The lowest BCUT2D eigenvalue weighted by Crippen LogP contribution is -2.39. The number of piperidine rings is 1. The van der Waals surface area contributed by atoms with E-state index in [4.69, 9.17) is 0 Å². The molecular weight excluding hydrogens is 276 g/mol. The maximum absolute atomic E-state index is 11.9. The molecule has 0 radical (unpaired) electrons. The monoisotopic (exact) mass is 298 g/mol. The van der Waals surface area contributed by atoms with Crippen molar-refractivity contribution in [1.29, 1.82) is 0 Å². The van der Waals surface area contributed by atoms with Crippen molar-refractivity contribution in [1.82, 2.24) is 9.62 Å². The molecule has 108 valence electrons. The van der Waals surface area contributed by atoms with Gasteiger partial charge in [-0.3, -0.25) is 0 Å². The minimum absolute atomic E-state index is 0.314. The molecule has 0 aliphatic carbocycles. The van der Waals surface area contributed by atoms with Crippen LogP contribution in [0, 0.1) is 5.92 Å². The summed E-state index contributed by atoms with van der Waals surface area (Å²) in [6, 6.07) is 0. The first-order valence-corrected chi connectivity index (χ1v) is 9.70. The largest absolute Gasteiger partial charge is 0.317 e. The van der Waals surface area contributed by atoms with E-state index in [-0.39, 0.29) is 11.5 Å². The molecule has 0 aromatic rings. The topological polar surface area (TPSA) is 83.6 Å². The quantitative estimate of drug-likeness (QED) is 0.700. The van der Waals surface area contributed by atoms with Crippen LogP contribution in [0.4, 0.5) is 0 Å². The molecule has 0 aromatic heterocycles. The predicted molar refractivity (Wildman–Crippen MR) is 71.7 cm³/mol. The standard InChI is InChI=1S/C10H22N2O4S2/c1-12(9-10-3-5-11-6-4-10)18(15,16)8-7-17(2,13)14/h10-11H,3-9H2,1-2H3. The van der Waals surface area contributed by atoms with Gasteiger partial charge in [-0.05, 0) is 31.8 Å². The summed E-state index contributed by atoms with van der Waals surface area (Å²) >= 11 is 0. The average Bonchev–Trinajstić information content (AvgIpc) is 2.27. The number of hydrogen-bond acceptors (Lipinski definition) is 5. The second-order valence-electron chi connectivity index (χ2n) is 4.92. The van der Waals surface area contributed by atoms with E-state index in [1.165, 1.54) is 11.4 Å². The summed E-state index contributed by atoms with van der Waals surface area (Å²) in [7, 11) is -5.17. The molecule has 0 saturated carbocycles. The van der Waals surface area contributed by atoms with Crippen LogP contribution in [-0.4, -0.2) is 65.6 Å². The second kappa shape index (κ2) is 6.31. The van der Waals surface area contributed by atoms with Crippen molar-refractivity contribution in [2.75, 3.05) is 44.4 Å². The third kappa shape index (κ3) is 5.64. The molecule has 1 fully saturated rings. The molecule has 0 unspecified atom stereocenters. The molecule has 1 N–H and O–H groups in total. The maximum atomic E-state index is 11.9. The maximum Gasteiger partial charge on any atom is 0.214 e. The Morgan fingerprint density at radius 2 is 1.67 bits per heavy atom. The molecule has 0 amide bonds. The molecule has 0 bridgehead atoms. The van der Waals surface area contributed by atoms with Gasteiger partial charge in [0.2, 0.25) is 10.0 Å². The second-order valence-corrected chi connectivity index (χ2v) is 9.37. The number of nitrogens with zero attached hydrogens (tertiary/aromatic N) is 1. The van der Waals surface area contributed by atoms with Crippen LogP contribution in [0.15, 0.2) is 0 Å². The van der Waals surface area contributed by atoms with E-state index in [9.17, 15) is 16.8 Å². The van der Waals surface area contributed by atoms with E-state index in [2.05, 4.69) is 5.32 Å². The van der Waals surface area contributed by atoms with Crippen LogP contribution in [0.25, 0.3) is 0 Å². The Hall–Kier alpha value is -0.180. The van der Waals surface area contributed by atoms with E-state index in [1.54, 1.807) is 0 Å². The van der Waals surface area contributed by atoms with Crippen LogP contribution in [0.5, 0.6) is 0 Å². The Morgan fingerprint density at radius 3 is 2.17 bits per heavy atom. The summed E-state index contributed by atoms with van der Waals surface area (Å²) < 4.78 is 47.1. The van der Waals surface area contributed by atoms with Crippen LogP contribution >= 0.6 is 0 Å². The summed E-state index contributed by atoms with van der Waals surface area (Å²) in [5, 5.41) is 3.22. The minimum Gasteiger partial charge on any atom is -0.317 e. The minimum atomic E-state index is -3.46. The molecular formula is C10H22N2O4S2. The Bertz CT molecular complexity index is 452. The number of nitrogens with one attached hydrogen (secondary N) is 1. The highest BCUT2D eigenvalue weighted by Gasteiger charge is 2.24. The van der Waals surface area contributed by atoms with Gasteiger partial charge in [-0.25, -0.2) is 21.1 Å². The summed E-state index contributed by atoms with van der Waals surface area (Å²) in [6.07, 6.45) is 2.98. The average molecular weight is 298 g/mol. The molecule has 1 saturated heterocycles. The molecule has 0 aromatic carbocycles. The van der Waals surface area contributed by atoms with Gasteiger partial charge in [0, 0.05) is 19.8 Å². The van der Waals surface area contributed by atoms with Gasteiger partial charge in [0.25, 0.3) is 0 Å². The number of rotatable bonds is 6. The lowest BCUT2D eigenvalue weighted by molar-refractivity contribution is 0.311. The fourth-order valence-electron chi connectivity index (χ4n) is 1.95. The van der Waals surface area contributed by atoms with E-state index in [0.717, 1.165) is 32.2 Å². The summed E-state index contributed by atoms with van der Waals surface area (Å²) in [6.45, 7) is 2.32. The number of sulfone groups is 1. The Kier molecular flexibility index (Phi) is 5.57. The van der Waals surface area contributed by atoms with Gasteiger partial charge in [0.15, 0.2) is 0 Å². The van der Waals surface area contributed by atoms with Crippen LogP contribution in [0.3, 0.4) is 0 Å². The molecule has 8 heteroatoms. The van der Waals surface area contributed by atoms with E-state index in [0.29, 0.717) is 12.5 Å². The van der Waals surface area contributed by atoms with Gasteiger partial charge in [0.05, 0.1) is 11.5 Å². The first kappa shape index (κ1) is 15.9. The number of hydrogen-bond donors (Lipinski definition) is 1. The summed E-state index contributed by atoms with van der Waals surface area (Å²) in [4.78, 5) is 0. The van der Waals surface area contributed by atoms with Crippen molar-refractivity contribution in [3.63, 3.8) is 0 Å². The van der Waals surface area contributed by atoms with Gasteiger partial charge in [-0.15, -0.1) is 0 Å². The van der Waals surface area contributed by atoms with Crippen molar-refractivity contribution in [3.8, 4) is 0 Å². The molecule has 1 aliphatic rings. The summed E-state index contributed by atoms with van der Waals surface area (Å²) in [5.74, 6) is -0.275. The molecule has 1 rings (SSSR count).